The quantitative estimate of drug-likeness (QED) is 0.244. The van der Waals surface area contributed by atoms with Gasteiger partial charge in [-0.05, 0) is 43.5 Å². The molecule has 4 rings (SSSR count). The van der Waals surface area contributed by atoms with E-state index in [9.17, 15) is 14.4 Å². The lowest BCUT2D eigenvalue weighted by Gasteiger charge is -2.23. The van der Waals surface area contributed by atoms with Crippen molar-refractivity contribution in [1.82, 2.24) is 20.4 Å². The lowest BCUT2D eigenvalue weighted by molar-refractivity contribution is -0.117. The molecule has 0 atom stereocenters. The van der Waals surface area contributed by atoms with Crippen LogP contribution in [0.4, 0.5) is 22.9 Å². The minimum absolute atomic E-state index is 0.00843. The maximum absolute atomic E-state index is 13.2. The fraction of sp³-hybridized carbons (Fsp3) is 0.312. The van der Waals surface area contributed by atoms with Crippen molar-refractivity contribution in [3.8, 4) is 11.1 Å². The van der Waals surface area contributed by atoms with E-state index in [1.54, 1.807) is 50.3 Å². The Morgan fingerprint density at radius 3 is 2.34 bits per heavy atom. The molecule has 0 bridgehead atoms. The molecule has 5 N–H and O–H groups in total. The summed E-state index contributed by atoms with van der Waals surface area (Å²) in [5.41, 5.74) is 11.7. The van der Waals surface area contributed by atoms with Crippen LogP contribution in [0.2, 0.25) is 0 Å². The Labute approximate surface area is 257 Å². The van der Waals surface area contributed by atoms with Crippen LogP contribution < -0.4 is 26.6 Å². The van der Waals surface area contributed by atoms with Crippen molar-refractivity contribution in [2.75, 3.05) is 57.3 Å². The number of aromatic nitrogens is 2. The minimum Gasteiger partial charge on any atom is -0.402 e. The predicted octanol–water partition coefficient (Wildman–Crippen LogP) is 3.67. The normalized spacial score (nSPS) is 13.2. The molecular formula is C32H39N9O3. The fourth-order valence-corrected chi connectivity index (χ4v) is 4.68. The zero-order valence-electron chi connectivity index (χ0n) is 25.9. The Bertz CT molecular complexity index is 1610. The van der Waals surface area contributed by atoms with Gasteiger partial charge in [0.2, 0.25) is 5.91 Å². The second-order valence-corrected chi connectivity index (χ2v) is 10.9. The summed E-state index contributed by atoms with van der Waals surface area (Å²) >= 11 is 0. The van der Waals surface area contributed by atoms with Crippen LogP contribution in [0.15, 0.2) is 64.8 Å². The second kappa shape index (κ2) is 13.8. The highest BCUT2D eigenvalue weighted by Crippen LogP contribution is 2.38. The average Bonchev–Trinajstić information content (AvgIpc) is 3.86. The van der Waals surface area contributed by atoms with Crippen molar-refractivity contribution < 1.29 is 14.4 Å². The summed E-state index contributed by atoms with van der Waals surface area (Å²) in [5.74, 6) is -0.413. The molecule has 12 nitrogen and oxygen atoms in total. The number of anilines is 4. The second-order valence-electron chi connectivity index (χ2n) is 10.9. The molecule has 0 aliphatic heterocycles. The van der Waals surface area contributed by atoms with Gasteiger partial charge < -0.3 is 31.5 Å². The van der Waals surface area contributed by atoms with Gasteiger partial charge in [0, 0.05) is 82.4 Å². The molecule has 0 saturated heterocycles. The SMILES string of the molecule is CN=C/C(CN(C)C(=O)c1ccc(-c2cccc(Nc3cc(NC(=O)C4CC4)nnc3C(=O)NC)c2N(C)C)cc1)=C(/C)N. The Balaban J connectivity index is 1.64. The summed E-state index contributed by atoms with van der Waals surface area (Å²) in [6, 6.07) is 14.8. The number of para-hydroxylation sites is 1. The van der Waals surface area contributed by atoms with Crippen LogP contribution in [-0.2, 0) is 4.79 Å². The summed E-state index contributed by atoms with van der Waals surface area (Å²) in [5, 5.41) is 16.9. The number of rotatable bonds is 11. The average molecular weight is 598 g/mol. The molecule has 1 saturated carbocycles. The van der Waals surface area contributed by atoms with E-state index < -0.39 is 5.91 Å². The van der Waals surface area contributed by atoms with Crippen LogP contribution >= 0.6 is 0 Å². The highest BCUT2D eigenvalue weighted by molar-refractivity contribution is 6.01. The van der Waals surface area contributed by atoms with Gasteiger partial charge in [0.1, 0.15) is 0 Å². The first-order valence-corrected chi connectivity index (χ1v) is 14.2. The van der Waals surface area contributed by atoms with Gasteiger partial charge >= 0.3 is 0 Å². The molecule has 1 heterocycles. The predicted molar refractivity (Wildman–Crippen MR) is 175 cm³/mol. The van der Waals surface area contributed by atoms with Gasteiger partial charge in [0.15, 0.2) is 11.5 Å². The Morgan fingerprint density at radius 2 is 1.75 bits per heavy atom. The smallest absolute Gasteiger partial charge is 0.273 e. The summed E-state index contributed by atoms with van der Waals surface area (Å²) in [6.45, 7) is 2.12. The minimum atomic E-state index is -0.418. The molecule has 1 aliphatic carbocycles. The number of nitrogens with one attached hydrogen (secondary N) is 3. The number of nitrogens with two attached hydrogens (primary N) is 1. The fourth-order valence-electron chi connectivity index (χ4n) is 4.68. The highest BCUT2D eigenvalue weighted by atomic mass is 16.2. The molecule has 1 aliphatic rings. The number of benzene rings is 2. The molecule has 3 aromatic rings. The van der Waals surface area contributed by atoms with E-state index in [0.29, 0.717) is 29.2 Å². The number of nitrogens with zero attached hydrogens (tertiary/aromatic N) is 5. The zero-order chi connectivity index (χ0) is 32.0. The van der Waals surface area contributed by atoms with E-state index in [1.807, 2.05) is 49.3 Å². The van der Waals surface area contributed by atoms with Gasteiger partial charge in [-0.25, -0.2) is 0 Å². The first-order valence-electron chi connectivity index (χ1n) is 14.2. The molecule has 1 fully saturated rings. The van der Waals surface area contributed by atoms with Gasteiger partial charge in [0.25, 0.3) is 11.8 Å². The molecule has 44 heavy (non-hydrogen) atoms. The van der Waals surface area contributed by atoms with Crippen molar-refractivity contribution in [3.63, 3.8) is 0 Å². The topological polar surface area (TPSA) is 158 Å². The maximum atomic E-state index is 13.2. The largest absolute Gasteiger partial charge is 0.402 e. The van der Waals surface area contributed by atoms with Crippen molar-refractivity contribution in [1.29, 1.82) is 0 Å². The van der Waals surface area contributed by atoms with Crippen LogP contribution in [0.1, 0.15) is 40.6 Å². The lowest BCUT2D eigenvalue weighted by Crippen LogP contribution is -2.30. The molecule has 3 amide bonds. The van der Waals surface area contributed by atoms with E-state index in [4.69, 9.17) is 5.73 Å². The number of likely N-dealkylation sites (N-methyl/N-ethyl adjacent to an activating group) is 1. The van der Waals surface area contributed by atoms with E-state index in [0.717, 1.165) is 35.2 Å². The molecular weight excluding hydrogens is 558 g/mol. The van der Waals surface area contributed by atoms with Crippen molar-refractivity contribution in [2.45, 2.75) is 19.8 Å². The van der Waals surface area contributed by atoms with Crippen LogP contribution in [-0.4, -0.2) is 80.8 Å². The van der Waals surface area contributed by atoms with Crippen LogP contribution in [0.25, 0.3) is 11.1 Å². The molecule has 12 heteroatoms. The molecule has 0 radical (unpaired) electrons. The number of hydrogen-bond donors (Lipinski definition) is 4. The van der Waals surface area contributed by atoms with Gasteiger partial charge in [-0.15, -0.1) is 10.2 Å². The third kappa shape index (κ3) is 7.38. The Hall–Kier alpha value is -5.26. The van der Waals surface area contributed by atoms with Crippen LogP contribution in [0, 0.1) is 5.92 Å². The third-order valence-electron chi connectivity index (χ3n) is 7.18. The maximum Gasteiger partial charge on any atom is 0.273 e. The number of carbonyl (C=O) groups is 3. The number of aliphatic imine (C=N–C) groups is 1. The molecule has 0 unspecified atom stereocenters. The lowest BCUT2D eigenvalue weighted by atomic mass is 10.00. The van der Waals surface area contributed by atoms with E-state index in [1.165, 1.54) is 7.05 Å². The first kappa shape index (κ1) is 31.7. The van der Waals surface area contributed by atoms with Gasteiger partial charge in [0.05, 0.1) is 17.1 Å². The summed E-state index contributed by atoms with van der Waals surface area (Å²) in [7, 11) is 8.76. The van der Waals surface area contributed by atoms with Crippen molar-refractivity contribution >= 4 is 46.8 Å². The molecule has 1 aromatic heterocycles. The van der Waals surface area contributed by atoms with Crippen molar-refractivity contribution in [2.24, 2.45) is 16.6 Å². The van der Waals surface area contributed by atoms with Crippen LogP contribution in [0.5, 0.6) is 0 Å². The van der Waals surface area contributed by atoms with Gasteiger partial charge in [-0.1, -0.05) is 24.3 Å². The van der Waals surface area contributed by atoms with E-state index in [-0.39, 0.29) is 29.2 Å². The number of hydrogen-bond acceptors (Lipinski definition) is 9. The van der Waals surface area contributed by atoms with Crippen LogP contribution in [0.3, 0.4) is 0 Å². The Morgan fingerprint density at radius 1 is 1.05 bits per heavy atom. The van der Waals surface area contributed by atoms with E-state index in [2.05, 4.69) is 31.1 Å². The zero-order valence-corrected chi connectivity index (χ0v) is 25.9. The van der Waals surface area contributed by atoms with Crippen molar-refractivity contribution in [3.05, 3.63) is 71.1 Å². The number of carbonyl (C=O) groups excluding carboxylic acids is 3. The highest BCUT2D eigenvalue weighted by Gasteiger charge is 2.30. The molecule has 2 aromatic carbocycles. The summed E-state index contributed by atoms with van der Waals surface area (Å²) < 4.78 is 0. The first-order chi connectivity index (χ1) is 21.0. The molecule has 230 valence electrons. The van der Waals surface area contributed by atoms with Gasteiger partial charge in [-0.3, -0.25) is 19.4 Å². The molecule has 0 spiro atoms. The Kier molecular flexibility index (Phi) is 9.94. The standard InChI is InChI=1S/C32H39N9O3/c1-19(33)23(17-34-2)18-41(6)32(44)22-14-10-20(11-15-22)24-8-7-9-25(29(24)40(4)5)36-26-16-27(37-30(42)21-12-13-21)38-39-28(26)31(43)35-3/h7-11,14-17,21H,12-13,18,33H2,1-6H3,(H,35,43)(H2,36,37,38,42)/b23-19+,34-17?. The third-order valence-corrected chi connectivity index (χ3v) is 7.18. The monoisotopic (exact) mass is 597 g/mol. The van der Waals surface area contributed by atoms with E-state index >= 15 is 0 Å². The summed E-state index contributed by atoms with van der Waals surface area (Å²) in [4.78, 5) is 45.8. The van der Waals surface area contributed by atoms with Gasteiger partial charge in [-0.2, -0.15) is 0 Å². The number of allylic oxidation sites excluding steroid dienone is 1. The number of amides is 3. The summed E-state index contributed by atoms with van der Waals surface area (Å²) in [6.07, 6.45) is 3.37.